The number of imidazole rings is 1. The third kappa shape index (κ3) is 5.73. The number of rotatable bonds is 8. The van der Waals surface area contributed by atoms with Gasteiger partial charge in [0.05, 0.1) is 30.3 Å². The van der Waals surface area contributed by atoms with Crippen molar-refractivity contribution in [1.29, 1.82) is 5.26 Å². The summed E-state index contributed by atoms with van der Waals surface area (Å²) in [7, 11) is 0. The van der Waals surface area contributed by atoms with Crippen LogP contribution in [0.5, 0.6) is 0 Å². The van der Waals surface area contributed by atoms with E-state index in [2.05, 4.69) is 25.3 Å². The van der Waals surface area contributed by atoms with Gasteiger partial charge in [0.25, 0.3) is 5.91 Å². The highest BCUT2D eigenvalue weighted by Gasteiger charge is 2.54. The summed E-state index contributed by atoms with van der Waals surface area (Å²) in [5.74, 6) is -6.93. The Labute approximate surface area is 241 Å². The summed E-state index contributed by atoms with van der Waals surface area (Å²) in [6, 6.07) is 11.7. The molecule has 0 radical (unpaired) electrons. The lowest BCUT2D eigenvalue weighted by Crippen LogP contribution is -2.56. The van der Waals surface area contributed by atoms with Crippen molar-refractivity contribution in [2.45, 2.75) is 12.7 Å². The zero-order valence-corrected chi connectivity index (χ0v) is 22.4. The van der Waals surface area contributed by atoms with Crippen molar-refractivity contribution in [2.75, 3.05) is 25.1 Å². The molecule has 0 spiro atoms. The maximum atomic E-state index is 13.8. The van der Waals surface area contributed by atoms with Crippen molar-refractivity contribution in [2.24, 2.45) is 11.1 Å². The molecule has 5 rings (SSSR count). The van der Waals surface area contributed by atoms with E-state index in [9.17, 15) is 22.8 Å². The number of carbonyl (C=O) groups excluding carboxylic acids is 2. The molecule has 0 aliphatic carbocycles. The fourth-order valence-corrected chi connectivity index (χ4v) is 4.18. The quantitative estimate of drug-likeness (QED) is 0.256. The predicted molar refractivity (Wildman–Crippen MR) is 142 cm³/mol. The second-order valence-corrected chi connectivity index (χ2v) is 9.69. The molecule has 15 heteroatoms. The Kier molecular flexibility index (Phi) is 7.81. The van der Waals surface area contributed by atoms with Crippen LogP contribution in [-0.4, -0.2) is 51.6 Å². The molecule has 0 bridgehead atoms. The Morgan fingerprint density at radius 3 is 2.47 bits per heavy atom. The minimum Gasteiger partial charge on any atom is -0.450 e. The Bertz CT molecular complexity index is 1730. The van der Waals surface area contributed by atoms with Gasteiger partial charge in [0, 0.05) is 23.5 Å². The van der Waals surface area contributed by atoms with Crippen molar-refractivity contribution in [1.82, 2.24) is 19.9 Å². The molecule has 0 unspecified atom stereocenters. The summed E-state index contributed by atoms with van der Waals surface area (Å²) in [5, 5.41) is 11.5. The molecule has 2 aromatic carbocycles. The number of halogens is 3. The number of hydrogen-bond donors (Lipinski definition) is 3. The number of amides is 1. The number of aromatic amines is 1. The first-order chi connectivity index (χ1) is 20.5. The number of aromatic nitrogens is 4. The number of nitriles is 1. The number of nitrogens with two attached hydrogens (primary N) is 1. The van der Waals surface area contributed by atoms with Gasteiger partial charge in [0.2, 0.25) is 5.95 Å². The van der Waals surface area contributed by atoms with Crippen molar-refractivity contribution in [3.8, 4) is 28.7 Å². The summed E-state index contributed by atoms with van der Waals surface area (Å²) < 4.78 is 57.3. The Morgan fingerprint density at radius 2 is 1.81 bits per heavy atom. The standard InChI is InChI=1S/C28H22F3N7O5/c1-27(25(40)41-11-9-32)13-42-28(23(33)39,43-14-27)24-37-21(15-2-4-16(29)5-3-15)22(38-24)20-8-10-34-26(36-20)35-17-6-7-18(30)19(31)12-17/h2-8,10,12H,11,13-14H2,1H3,(H2,33,39)(H,37,38)(H,34,35,36). The first kappa shape index (κ1) is 29.2. The van der Waals surface area contributed by atoms with Gasteiger partial charge in [0.1, 0.15) is 17.3 Å². The molecule has 1 aliphatic heterocycles. The maximum Gasteiger partial charge on any atom is 0.317 e. The number of nitrogens with one attached hydrogen (secondary N) is 2. The zero-order valence-electron chi connectivity index (χ0n) is 22.4. The van der Waals surface area contributed by atoms with E-state index >= 15 is 0 Å². The van der Waals surface area contributed by atoms with E-state index in [1.807, 2.05) is 0 Å². The molecule has 3 heterocycles. The van der Waals surface area contributed by atoms with E-state index < -0.39 is 47.1 Å². The highest BCUT2D eigenvalue weighted by atomic mass is 19.2. The third-order valence-corrected chi connectivity index (χ3v) is 6.49. The molecule has 1 saturated heterocycles. The highest BCUT2D eigenvalue weighted by Crippen LogP contribution is 2.39. The topological polar surface area (TPSA) is 178 Å². The second kappa shape index (κ2) is 11.5. The number of nitrogens with zero attached hydrogens (tertiary/aromatic N) is 4. The van der Waals surface area contributed by atoms with Crippen molar-refractivity contribution in [3.63, 3.8) is 0 Å². The number of esters is 1. The van der Waals surface area contributed by atoms with Crippen LogP contribution >= 0.6 is 0 Å². The molecular formula is C28H22F3N7O5. The van der Waals surface area contributed by atoms with E-state index in [1.54, 1.807) is 6.07 Å². The van der Waals surface area contributed by atoms with Crippen LogP contribution in [0.3, 0.4) is 0 Å². The number of H-pyrrole nitrogens is 1. The van der Waals surface area contributed by atoms with E-state index in [1.165, 1.54) is 49.5 Å². The van der Waals surface area contributed by atoms with Gasteiger partial charge in [-0.15, -0.1) is 0 Å². The molecule has 0 saturated carbocycles. The largest absolute Gasteiger partial charge is 0.450 e. The lowest BCUT2D eigenvalue weighted by molar-refractivity contribution is -0.293. The summed E-state index contributed by atoms with van der Waals surface area (Å²) in [6.07, 6.45) is 1.38. The Hall–Kier alpha value is -5.33. The van der Waals surface area contributed by atoms with Crippen LogP contribution < -0.4 is 11.1 Å². The second-order valence-electron chi connectivity index (χ2n) is 9.69. The normalized spacial score (nSPS) is 19.8. The van der Waals surface area contributed by atoms with E-state index in [-0.39, 0.29) is 47.8 Å². The lowest BCUT2D eigenvalue weighted by atomic mass is 9.91. The Morgan fingerprint density at radius 1 is 1.09 bits per heavy atom. The van der Waals surface area contributed by atoms with E-state index in [0.717, 1.165) is 12.1 Å². The first-order valence-electron chi connectivity index (χ1n) is 12.6. The summed E-state index contributed by atoms with van der Waals surface area (Å²) in [6.45, 7) is 0.233. The van der Waals surface area contributed by atoms with E-state index in [0.29, 0.717) is 5.56 Å². The summed E-state index contributed by atoms with van der Waals surface area (Å²) in [4.78, 5) is 41.3. The van der Waals surface area contributed by atoms with Gasteiger partial charge in [-0.25, -0.2) is 28.1 Å². The number of hydrogen-bond acceptors (Lipinski definition) is 10. The van der Waals surface area contributed by atoms with Gasteiger partial charge in [0.15, 0.2) is 24.1 Å². The van der Waals surface area contributed by atoms with Crippen LogP contribution in [0.4, 0.5) is 24.8 Å². The minimum absolute atomic E-state index is 0.00569. The first-order valence-corrected chi connectivity index (χ1v) is 12.6. The highest BCUT2D eigenvalue weighted by molar-refractivity contribution is 5.85. The van der Waals surface area contributed by atoms with Gasteiger partial charge in [-0.1, -0.05) is 0 Å². The average Bonchev–Trinajstić information content (AvgIpc) is 3.45. The summed E-state index contributed by atoms with van der Waals surface area (Å²) >= 11 is 0. The molecule has 12 nitrogen and oxygen atoms in total. The fourth-order valence-electron chi connectivity index (χ4n) is 4.18. The van der Waals surface area contributed by atoms with Crippen LogP contribution in [0, 0.1) is 34.2 Å². The molecule has 1 amide bonds. The molecule has 4 aromatic rings. The SMILES string of the molecule is CC1(C(=O)OCC#N)COC(C(N)=O)(c2nc(-c3ccc(F)cc3)c(-c3ccnc(Nc4ccc(F)c(F)c4)n3)[nH]2)OC1. The molecule has 43 heavy (non-hydrogen) atoms. The van der Waals surface area contributed by atoms with Crippen LogP contribution in [-0.2, 0) is 29.6 Å². The van der Waals surface area contributed by atoms with Crippen molar-refractivity contribution >= 4 is 23.5 Å². The minimum atomic E-state index is -2.28. The van der Waals surface area contributed by atoms with Gasteiger partial charge in [-0.05, 0) is 49.4 Å². The van der Waals surface area contributed by atoms with Crippen LogP contribution in [0.15, 0.2) is 54.7 Å². The van der Waals surface area contributed by atoms with Gasteiger partial charge in [-0.3, -0.25) is 9.59 Å². The molecule has 1 fully saturated rings. The molecule has 220 valence electrons. The fraction of sp³-hybridized carbons (Fsp3) is 0.214. The lowest BCUT2D eigenvalue weighted by Gasteiger charge is -2.40. The number of anilines is 2. The van der Waals surface area contributed by atoms with Gasteiger partial charge < -0.3 is 30.2 Å². The Balaban J connectivity index is 1.54. The predicted octanol–water partition coefficient (Wildman–Crippen LogP) is 3.45. The smallest absolute Gasteiger partial charge is 0.317 e. The molecule has 2 aromatic heterocycles. The van der Waals surface area contributed by atoms with Gasteiger partial charge >= 0.3 is 11.8 Å². The summed E-state index contributed by atoms with van der Waals surface area (Å²) in [5.41, 5.74) is 5.57. The zero-order chi connectivity index (χ0) is 30.8. The maximum absolute atomic E-state index is 13.8. The number of primary amides is 1. The number of benzene rings is 2. The number of carbonyl (C=O) groups is 2. The van der Waals surface area contributed by atoms with Crippen LogP contribution in [0.2, 0.25) is 0 Å². The van der Waals surface area contributed by atoms with Gasteiger partial charge in [-0.2, -0.15) is 5.26 Å². The van der Waals surface area contributed by atoms with E-state index in [4.69, 9.17) is 25.2 Å². The molecular weight excluding hydrogens is 571 g/mol. The average molecular weight is 594 g/mol. The molecule has 4 N–H and O–H groups in total. The monoisotopic (exact) mass is 593 g/mol. The number of ether oxygens (including phenoxy) is 3. The third-order valence-electron chi connectivity index (χ3n) is 6.49. The van der Waals surface area contributed by atoms with Crippen molar-refractivity contribution in [3.05, 3.63) is 78.0 Å². The van der Waals surface area contributed by atoms with Crippen LogP contribution in [0.1, 0.15) is 12.7 Å². The molecule has 1 aliphatic rings. The molecule has 0 atom stereocenters. The van der Waals surface area contributed by atoms with Crippen molar-refractivity contribution < 1.29 is 37.0 Å². The van der Waals surface area contributed by atoms with Crippen LogP contribution in [0.25, 0.3) is 22.6 Å².